The largest absolute Gasteiger partial charge is 0.622 e. The van der Waals surface area contributed by atoms with E-state index in [0.29, 0.717) is 11.7 Å². The maximum atomic E-state index is 11.4. The first-order chi connectivity index (χ1) is 5.79. The molecule has 1 aromatic rings. The normalized spacial score (nSPS) is 21.4. The predicted molar refractivity (Wildman–Crippen MR) is 49.9 cm³/mol. The lowest BCUT2D eigenvalue weighted by molar-refractivity contribution is -0.670. The van der Waals surface area contributed by atoms with Crippen LogP contribution in [0.4, 0.5) is 5.69 Å². The summed E-state index contributed by atoms with van der Waals surface area (Å²) in [6, 6.07) is 7.51. The summed E-state index contributed by atoms with van der Waals surface area (Å²) in [6.45, 7) is 0.667. The van der Waals surface area contributed by atoms with E-state index in [1.54, 1.807) is 0 Å². The summed E-state index contributed by atoms with van der Waals surface area (Å²) in [5, 5.41) is 14.5. The van der Waals surface area contributed by atoms with Gasteiger partial charge in [-0.3, -0.25) is 5.06 Å². The lowest BCUT2D eigenvalue weighted by Crippen LogP contribution is -3.08. The van der Waals surface area contributed by atoms with Crippen molar-refractivity contribution in [1.82, 2.24) is 5.32 Å². The molecule has 0 spiro atoms. The van der Waals surface area contributed by atoms with Crippen molar-refractivity contribution in [2.45, 2.75) is 6.54 Å². The van der Waals surface area contributed by atoms with Crippen molar-refractivity contribution in [2.75, 3.05) is 0 Å². The topological polar surface area (TPSA) is 39.5 Å². The van der Waals surface area contributed by atoms with Gasteiger partial charge in [-0.25, -0.2) is 0 Å². The quantitative estimate of drug-likeness (QED) is 0.439. The number of nitrogens with one attached hydrogen (secondary N) is 2. The fourth-order valence-corrected chi connectivity index (χ4v) is 1.46. The van der Waals surface area contributed by atoms with Gasteiger partial charge in [-0.1, -0.05) is 18.2 Å². The predicted octanol–water partition coefficient (Wildman–Crippen LogP) is 0.0889. The van der Waals surface area contributed by atoms with Crippen molar-refractivity contribution < 1.29 is 5.06 Å². The highest BCUT2D eigenvalue weighted by Crippen LogP contribution is 2.11. The number of hydrogen-bond donors (Lipinski definition) is 2. The molecular formula is C8H8N2OS. The zero-order chi connectivity index (χ0) is 8.55. The Balaban J connectivity index is 2.48. The summed E-state index contributed by atoms with van der Waals surface area (Å²) in [5.41, 5.74) is 1.76. The molecule has 1 aliphatic heterocycles. The smallest absolute Gasteiger partial charge is 0.273 e. The van der Waals surface area contributed by atoms with Gasteiger partial charge < -0.3 is 10.5 Å². The van der Waals surface area contributed by atoms with Crippen molar-refractivity contribution in [1.29, 1.82) is 0 Å². The van der Waals surface area contributed by atoms with Crippen LogP contribution in [0.2, 0.25) is 0 Å². The Morgan fingerprint density at radius 2 is 2.17 bits per heavy atom. The van der Waals surface area contributed by atoms with E-state index >= 15 is 0 Å². The van der Waals surface area contributed by atoms with Crippen LogP contribution >= 0.6 is 12.2 Å². The van der Waals surface area contributed by atoms with E-state index in [4.69, 9.17) is 12.2 Å². The SMILES string of the molecule is [O-][NH+]1C(=S)NCc2ccccc21. The van der Waals surface area contributed by atoms with Crippen molar-refractivity contribution in [3.63, 3.8) is 0 Å². The number of benzene rings is 1. The molecule has 1 unspecified atom stereocenters. The number of quaternary nitrogens is 1. The summed E-state index contributed by atoms with van der Waals surface area (Å²) in [5.74, 6) is 0. The van der Waals surface area contributed by atoms with Crippen LogP contribution in [0.5, 0.6) is 0 Å². The molecule has 0 bridgehead atoms. The molecular weight excluding hydrogens is 172 g/mol. The van der Waals surface area contributed by atoms with Crippen LogP contribution in [-0.4, -0.2) is 5.11 Å². The van der Waals surface area contributed by atoms with Crippen LogP contribution in [0.15, 0.2) is 24.3 Å². The number of hydrogen-bond acceptors (Lipinski definition) is 2. The van der Waals surface area contributed by atoms with E-state index in [-0.39, 0.29) is 5.06 Å². The second-order valence-electron chi connectivity index (χ2n) is 2.67. The fraction of sp³-hybridized carbons (Fsp3) is 0.125. The second kappa shape index (κ2) is 2.82. The molecule has 2 N–H and O–H groups in total. The van der Waals surface area contributed by atoms with Crippen LogP contribution in [0.3, 0.4) is 0 Å². The van der Waals surface area contributed by atoms with Gasteiger partial charge in [0.15, 0.2) is 0 Å². The molecule has 0 amide bonds. The fourth-order valence-electron chi connectivity index (χ4n) is 1.27. The maximum Gasteiger partial charge on any atom is 0.273 e. The first-order valence-electron chi connectivity index (χ1n) is 3.69. The van der Waals surface area contributed by atoms with Crippen LogP contribution in [0, 0.1) is 5.21 Å². The Labute approximate surface area is 75.6 Å². The molecule has 0 radical (unpaired) electrons. The van der Waals surface area contributed by atoms with E-state index < -0.39 is 0 Å². The van der Waals surface area contributed by atoms with Gasteiger partial charge in [-0.15, -0.1) is 0 Å². The van der Waals surface area contributed by atoms with Crippen molar-refractivity contribution in [2.24, 2.45) is 0 Å². The minimum Gasteiger partial charge on any atom is -0.622 e. The third-order valence-electron chi connectivity index (χ3n) is 1.91. The molecule has 1 atom stereocenters. The first-order valence-corrected chi connectivity index (χ1v) is 4.10. The Morgan fingerprint density at radius 3 is 3.00 bits per heavy atom. The van der Waals surface area contributed by atoms with Gasteiger partial charge in [0.05, 0.1) is 6.54 Å². The molecule has 1 aromatic carbocycles. The monoisotopic (exact) mass is 180 g/mol. The van der Waals surface area contributed by atoms with E-state index in [1.165, 1.54) is 0 Å². The van der Waals surface area contributed by atoms with Crippen molar-refractivity contribution in [3.05, 3.63) is 35.0 Å². The third-order valence-corrected chi connectivity index (χ3v) is 2.24. The Kier molecular flexibility index (Phi) is 1.80. The highest BCUT2D eigenvalue weighted by Gasteiger charge is 2.18. The summed E-state index contributed by atoms with van der Waals surface area (Å²) in [6.07, 6.45) is 0. The second-order valence-corrected chi connectivity index (χ2v) is 3.08. The Morgan fingerprint density at radius 1 is 1.42 bits per heavy atom. The lowest BCUT2D eigenvalue weighted by atomic mass is 10.1. The zero-order valence-electron chi connectivity index (χ0n) is 6.33. The summed E-state index contributed by atoms with van der Waals surface area (Å²) < 4.78 is 0. The van der Waals surface area contributed by atoms with Gasteiger partial charge in [-0.2, -0.15) is 0 Å². The van der Waals surface area contributed by atoms with E-state index in [0.717, 1.165) is 11.3 Å². The van der Waals surface area contributed by atoms with E-state index in [2.05, 4.69) is 5.32 Å². The maximum absolute atomic E-state index is 11.4. The van der Waals surface area contributed by atoms with Gasteiger partial charge in [-0.05, 0) is 0 Å². The van der Waals surface area contributed by atoms with Crippen LogP contribution in [-0.2, 0) is 6.54 Å². The zero-order valence-corrected chi connectivity index (χ0v) is 7.15. The average Bonchev–Trinajstić information content (AvgIpc) is 2.12. The molecule has 1 heterocycles. The minimum atomic E-state index is -0.0631. The van der Waals surface area contributed by atoms with Gasteiger partial charge in [0.25, 0.3) is 5.11 Å². The van der Waals surface area contributed by atoms with E-state index in [1.807, 2.05) is 24.3 Å². The molecule has 62 valence electrons. The molecule has 0 aromatic heterocycles. The molecule has 0 saturated heterocycles. The molecule has 4 heteroatoms. The first kappa shape index (κ1) is 7.67. The number of thiocarbonyl (C=S) groups is 1. The minimum absolute atomic E-state index is 0.0631. The molecule has 0 fully saturated rings. The van der Waals surface area contributed by atoms with Crippen LogP contribution in [0.1, 0.15) is 5.56 Å². The standard InChI is InChI=1S/C8H8N2OS/c11-10-7-4-2-1-3-6(7)5-9-8(10)12/h1-4,10H,5H2,(H,9,12). The number of fused-ring (bicyclic) bond motifs is 1. The summed E-state index contributed by atoms with van der Waals surface area (Å²) in [7, 11) is 0. The lowest BCUT2D eigenvalue weighted by Gasteiger charge is -2.28. The average molecular weight is 180 g/mol. The third kappa shape index (κ3) is 1.10. The number of rotatable bonds is 0. The van der Waals surface area contributed by atoms with Crippen molar-refractivity contribution >= 4 is 23.0 Å². The molecule has 12 heavy (non-hydrogen) atoms. The van der Waals surface area contributed by atoms with Gasteiger partial charge in [0.2, 0.25) is 0 Å². The van der Waals surface area contributed by atoms with Gasteiger partial charge >= 0.3 is 0 Å². The van der Waals surface area contributed by atoms with Gasteiger partial charge in [0, 0.05) is 23.8 Å². The Hall–Kier alpha value is -0.970. The Bertz CT molecular complexity index is 327. The highest BCUT2D eigenvalue weighted by atomic mass is 32.1. The van der Waals surface area contributed by atoms with Crippen molar-refractivity contribution in [3.8, 4) is 0 Å². The van der Waals surface area contributed by atoms with Crippen LogP contribution in [0.25, 0.3) is 0 Å². The van der Waals surface area contributed by atoms with Crippen LogP contribution < -0.4 is 10.4 Å². The highest BCUT2D eigenvalue weighted by molar-refractivity contribution is 7.79. The molecule has 1 aliphatic rings. The molecule has 2 rings (SSSR count). The summed E-state index contributed by atoms with van der Waals surface area (Å²) >= 11 is 4.84. The number of para-hydroxylation sites is 1. The molecule has 0 saturated carbocycles. The van der Waals surface area contributed by atoms with Gasteiger partial charge in [0.1, 0.15) is 5.69 Å². The van der Waals surface area contributed by atoms with E-state index in [9.17, 15) is 5.21 Å². The molecule has 0 aliphatic carbocycles. The summed E-state index contributed by atoms with van der Waals surface area (Å²) in [4.78, 5) is 0. The number of hydroxylamine groups is 1. The molecule has 3 nitrogen and oxygen atoms in total.